The highest BCUT2D eigenvalue weighted by molar-refractivity contribution is 7.17. The Bertz CT molecular complexity index is 846. The fourth-order valence-electron chi connectivity index (χ4n) is 2.49. The summed E-state index contributed by atoms with van der Waals surface area (Å²) < 4.78 is 6.61. The van der Waals surface area contributed by atoms with Crippen LogP contribution in [-0.2, 0) is 6.61 Å². The van der Waals surface area contributed by atoms with E-state index < -0.39 is 0 Å². The molecule has 3 rings (SSSR count). The molecule has 0 atom stereocenters. The van der Waals surface area contributed by atoms with Gasteiger partial charge < -0.3 is 15.6 Å². The Morgan fingerprint density at radius 3 is 2.83 bits per heavy atom. The van der Waals surface area contributed by atoms with E-state index in [1.54, 1.807) is 0 Å². The van der Waals surface area contributed by atoms with Crippen molar-refractivity contribution in [2.24, 2.45) is 0 Å². The lowest BCUT2D eigenvalue weighted by Gasteiger charge is -2.07. The molecule has 0 aliphatic carbocycles. The summed E-state index contributed by atoms with van der Waals surface area (Å²) in [6.45, 7) is 0.363. The van der Waals surface area contributed by atoms with Crippen LogP contribution in [0.2, 0.25) is 0 Å². The number of nitrogens with two attached hydrogens (primary N) is 1. The number of ether oxygens (including phenoxy) is 1. The quantitative estimate of drug-likeness (QED) is 0.643. The Hall–Kier alpha value is -2.44. The lowest BCUT2D eigenvalue weighted by atomic mass is 10.1. The number of nitrogen functional groups attached to an aromatic ring is 1. The SMILES string of the molecule is Nc1ncc(C(=O)CCCO)c2scc(COc3ccccc3)c12. The summed E-state index contributed by atoms with van der Waals surface area (Å²) in [7, 11) is 0. The van der Waals surface area contributed by atoms with Crippen molar-refractivity contribution in [1.29, 1.82) is 0 Å². The number of aromatic nitrogens is 1. The summed E-state index contributed by atoms with van der Waals surface area (Å²) in [6, 6.07) is 9.53. The van der Waals surface area contributed by atoms with Crippen LogP contribution >= 0.6 is 11.3 Å². The average molecular weight is 342 g/mol. The van der Waals surface area contributed by atoms with Crippen molar-refractivity contribution in [2.45, 2.75) is 19.4 Å². The van der Waals surface area contributed by atoms with Gasteiger partial charge in [0.15, 0.2) is 5.78 Å². The highest BCUT2D eigenvalue weighted by Gasteiger charge is 2.17. The Balaban J connectivity index is 1.89. The van der Waals surface area contributed by atoms with E-state index in [9.17, 15) is 4.79 Å². The number of pyridine rings is 1. The number of aliphatic hydroxyl groups excluding tert-OH is 1. The molecule has 124 valence electrons. The summed E-state index contributed by atoms with van der Waals surface area (Å²) in [6.07, 6.45) is 2.26. The van der Waals surface area contributed by atoms with Crippen molar-refractivity contribution in [3.63, 3.8) is 0 Å². The third kappa shape index (κ3) is 3.39. The molecule has 0 saturated heterocycles. The molecule has 0 aliphatic heterocycles. The first-order valence-corrected chi connectivity index (χ1v) is 8.55. The van der Waals surface area contributed by atoms with Crippen molar-refractivity contribution in [2.75, 3.05) is 12.3 Å². The number of thiophene rings is 1. The lowest BCUT2D eigenvalue weighted by molar-refractivity contribution is 0.0972. The molecular weight excluding hydrogens is 324 g/mol. The highest BCUT2D eigenvalue weighted by Crippen LogP contribution is 2.33. The van der Waals surface area contributed by atoms with Crippen LogP contribution in [0.3, 0.4) is 0 Å². The van der Waals surface area contributed by atoms with Crippen LogP contribution in [0.1, 0.15) is 28.8 Å². The van der Waals surface area contributed by atoms with Crippen LogP contribution in [0.15, 0.2) is 41.9 Å². The van der Waals surface area contributed by atoms with Crippen LogP contribution in [0, 0.1) is 0 Å². The molecule has 0 bridgehead atoms. The van der Waals surface area contributed by atoms with E-state index in [0.29, 0.717) is 30.8 Å². The van der Waals surface area contributed by atoms with Gasteiger partial charge in [0, 0.05) is 30.2 Å². The first kappa shape index (κ1) is 16.4. The lowest BCUT2D eigenvalue weighted by Crippen LogP contribution is -2.04. The van der Waals surface area contributed by atoms with E-state index in [2.05, 4.69) is 4.98 Å². The predicted molar refractivity (Wildman–Crippen MR) is 95.5 cm³/mol. The Morgan fingerprint density at radius 1 is 1.29 bits per heavy atom. The highest BCUT2D eigenvalue weighted by atomic mass is 32.1. The van der Waals surface area contributed by atoms with Crippen LogP contribution < -0.4 is 10.5 Å². The van der Waals surface area contributed by atoms with Crippen molar-refractivity contribution >= 4 is 33.0 Å². The third-order valence-corrected chi connectivity index (χ3v) is 4.76. The van der Waals surface area contributed by atoms with E-state index in [1.165, 1.54) is 17.5 Å². The number of para-hydroxylation sites is 1. The number of nitrogens with zero attached hydrogens (tertiary/aromatic N) is 1. The first-order valence-electron chi connectivity index (χ1n) is 7.67. The van der Waals surface area contributed by atoms with E-state index in [1.807, 2.05) is 35.7 Å². The molecule has 0 aliphatic rings. The van der Waals surface area contributed by atoms with Gasteiger partial charge in [-0.05, 0) is 23.9 Å². The molecule has 0 saturated carbocycles. The second-order valence-corrected chi connectivity index (χ2v) is 6.25. The number of benzene rings is 1. The van der Waals surface area contributed by atoms with Gasteiger partial charge in [-0.25, -0.2) is 4.98 Å². The molecule has 6 heteroatoms. The second kappa shape index (κ2) is 7.42. The van der Waals surface area contributed by atoms with Crippen LogP contribution in [-0.4, -0.2) is 22.5 Å². The van der Waals surface area contributed by atoms with Gasteiger partial charge in [0.2, 0.25) is 0 Å². The van der Waals surface area contributed by atoms with Gasteiger partial charge in [-0.15, -0.1) is 11.3 Å². The van der Waals surface area contributed by atoms with E-state index in [0.717, 1.165) is 21.4 Å². The molecule has 2 aromatic heterocycles. The van der Waals surface area contributed by atoms with Gasteiger partial charge in [0.05, 0.1) is 10.3 Å². The summed E-state index contributed by atoms with van der Waals surface area (Å²) in [5, 5.41) is 11.6. The number of anilines is 1. The molecule has 0 spiro atoms. The first-order chi connectivity index (χ1) is 11.7. The van der Waals surface area contributed by atoms with Gasteiger partial charge in [-0.2, -0.15) is 0 Å². The van der Waals surface area contributed by atoms with E-state index >= 15 is 0 Å². The maximum atomic E-state index is 12.3. The normalized spacial score (nSPS) is 10.9. The largest absolute Gasteiger partial charge is 0.489 e. The number of rotatable bonds is 7. The molecule has 24 heavy (non-hydrogen) atoms. The number of aliphatic hydroxyl groups is 1. The standard InChI is InChI=1S/C18H18N2O3S/c19-18-16-12(10-23-13-5-2-1-3-6-13)11-24-17(16)14(9-20-18)15(22)7-4-8-21/h1-3,5-6,9,11,21H,4,7-8,10H2,(H2,19,20). The summed E-state index contributed by atoms with van der Waals surface area (Å²) in [4.78, 5) is 16.5. The molecule has 3 aromatic rings. The average Bonchev–Trinajstić information content (AvgIpc) is 3.04. The van der Waals surface area contributed by atoms with Gasteiger partial charge in [0.1, 0.15) is 18.2 Å². The van der Waals surface area contributed by atoms with Crippen LogP contribution in [0.5, 0.6) is 5.75 Å². The van der Waals surface area contributed by atoms with Gasteiger partial charge in [-0.1, -0.05) is 18.2 Å². The number of carbonyl (C=O) groups excluding carboxylic acids is 1. The monoisotopic (exact) mass is 342 g/mol. The molecule has 1 aromatic carbocycles. The second-order valence-electron chi connectivity index (χ2n) is 5.37. The minimum atomic E-state index is -0.0288. The molecule has 0 unspecified atom stereocenters. The van der Waals surface area contributed by atoms with Crippen molar-refractivity contribution in [1.82, 2.24) is 4.98 Å². The zero-order valence-corrected chi connectivity index (χ0v) is 13.9. The fourth-order valence-corrected chi connectivity index (χ4v) is 3.58. The number of ketones is 1. The van der Waals surface area contributed by atoms with Crippen molar-refractivity contribution < 1.29 is 14.6 Å². The number of carbonyl (C=O) groups is 1. The molecule has 0 radical (unpaired) electrons. The zero-order valence-electron chi connectivity index (χ0n) is 13.1. The topological polar surface area (TPSA) is 85.4 Å². The van der Waals surface area contributed by atoms with E-state index in [4.69, 9.17) is 15.6 Å². The van der Waals surface area contributed by atoms with Crippen molar-refractivity contribution in [3.8, 4) is 5.75 Å². The summed E-state index contributed by atoms with van der Waals surface area (Å²) >= 11 is 1.47. The Labute approximate surface area is 143 Å². The third-order valence-electron chi connectivity index (χ3n) is 3.70. The molecule has 3 N–H and O–H groups in total. The smallest absolute Gasteiger partial charge is 0.165 e. The Morgan fingerprint density at radius 2 is 2.08 bits per heavy atom. The maximum Gasteiger partial charge on any atom is 0.165 e. The van der Waals surface area contributed by atoms with Gasteiger partial charge >= 0.3 is 0 Å². The van der Waals surface area contributed by atoms with E-state index in [-0.39, 0.29) is 12.4 Å². The summed E-state index contributed by atoms with van der Waals surface area (Å²) in [5.41, 5.74) is 7.50. The molecule has 5 nitrogen and oxygen atoms in total. The van der Waals surface area contributed by atoms with Gasteiger partial charge in [0.25, 0.3) is 0 Å². The molecule has 0 amide bonds. The minimum Gasteiger partial charge on any atom is -0.489 e. The molecule has 0 fully saturated rings. The number of hydrogen-bond donors (Lipinski definition) is 2. The van der Waals surface area contributed by atoms with Crippen LogP contribution in [0.4, 0.5) is 5.82 Å². The maximum absolute atomic E-state index is 12.3. The number of Topliss-reactive ketones (excluding diaryl/α,β-unsaturated/α-hetero) is 1. The van der Waals surface area contributed by atoms with Crippen molar-refractivity contribution in [3.05, 3.63) is 53.0 Å². The summed E-state index contributed by atoms with van der Waals surface area (Å²) in [5.74, 6) is 1.15. The molecular formula is C18H18N2O3S. The van der Waals surface area contributed by atoms with Gasteiger partial charge in [-0.3, -0.25) is 4.79 Å². The predicted octanol–water partition coefficient (Wildman–Crippen LogP) is 3.41. The van der Waals surface area contributed by atoms with Crippen LogP contribution in [0.25, 0.3) is 10.1 Å². The number of fused-ring (bicyclic) bond motifs is 1. The minimum absolute atomic E-state index is 0.00209. The number of hydrogen-bond acceptors (Lipinski definition) is 6. The fraction of sp³-hybridized carbons (Fsp3) is 0.222. The zero-order chi connectivity index (χ0) is 16.9. The molecule has 2 heterocycles. The Kier molecular flexibility index (Phi) is 5.08.